The number of likely N-dealkylation sites (tertiary alicyclic amines) is 1. The van der Waals surface area contributed by atoms with Crippen LogP contribution in [-0.2, 0) is 4.79 Å². The number of nitrogens with zero attached hydrogens (tertiary/aromatic N) is 3. The fourth-order valence-electron chi connectivity index (χ4n) is 3.50. The van der Waals surface area contributed by atoms with Crippen LogP contribution in [0.15, 0.2) is 30.6 Å². The molecule has 1 N–H and O–H groups in total. The van der Waals surface area contributed by atoms with Crippen LogP contribution >= 0.6 is 0 Å². The van der Waals surface area contributed by atoms with Gasteiger partial charge in [-0.1, -0.05) is 18.2 Å². The molecule has 0 spiro atoms. The van der Waals surface area contributed by atoms with E-state index in [4.69, 9.17) is 9.72 Å². The lowest BCUT2D eigenvalue weighted by Crippen LogP contribution is -2.29. The second kappa shape index (κ2) is 6.44. The molecule has 6 heteroatoms. The number of fused-ring (bicyclic) bond motifs is 1. The van der Waals surface area contributed by atoms with Crippen LogP contribution in [0.1, 0.15) is 24.6 Å². The number of hydrogen-bond acceptors (Lipinski definition) is 4. The molecule has 0 radical (unpaired) electrons. The molecule has 1 aliphatic heterocycles. The summed E-state index contributed by atoms with van der Waals surface area (Å²) in [5.41, 5.74) is 4.94. The summed E-state index contributed by atoms with van der Waals surface area (Å²) in [5.74, 6) is 0.629. The Bertz CT molecular complexity index is 979. The Kier molecular flexibility index (Phi) is 4.11. The first-order valence-corrected chi connectivity index (χ1v) is 8.86. The van der Waals surface area contributed by atoms with Gasteiger partial charge < -0.3 is 14.6 Å². The number of para-hydroxylation sites is 1. The maximum Gasteiger partial charge on any atom is 0.235 e. The zero-order chi connectivity index (χ0) is 18.3. The first-order chi connectivity index (χ1) is 12.5. The fourth-order valence-corrected chi connectivity index (χ4v) is 3.50. The van der Waals surface area contributed by atoms with Crippen LogP contribution < -0.4 is 4.74 Å². The summed E-state index contributed by atoms with van der Waals surface area (Å²) >= 11 is 0. The van der Waals surface area contributed by atoms with Crippen molar-refractivity contribution in [2.45, 2.75) is 33.3 Å². The molecule has 134 valence electrons. The monoisotopic (exact) mass is 350 g/mol. The van der Waals surface area contributed by atoms with Crippen molar-refractivity contribution >= 4 is 16.8 Å². The maximum atomic E-state index is 11.5. The average molecular weight is 350 g/mol. The zero-order valence-corrected chi connectivity index (χ0v) is 15.2. The first-order valence-electron chi connectivity index (χ1n) is 8.86. The van der Waals surface area contributed by atoms with E-state index in [0.29, 0.717) is 12.4 Å². The highest BCUT2D eigenvalue weighted by atomic mass is 16.5. The Labute approximate surface area is 152 Å². The quantitative estimate of drug-likeness (QED) is 0.787. The number of rotatable bonds is 3. The Balaban J connectivity index is 1.58. The van der Waals surface area contributed by atoms with Crippen LogP contribution in [0.5, 0.6) is 5.88 Å². The molecule has 1 atom stereocenters. The summed E-state index contributed by atoms with van der Waals surface area (Å²) in [6.45, 7) is 6.93. The molecule has 2 aromatic heterocycles. The number of aromatic nitrogens is 3. The minimum Gasteiger partial charge on any atom is -0.471 e. The van der Waals surface area contributed by atoms with E-state index >= 15 is 0 Å². The molecule has 0 aliphatic carbocycles. The Morgan fingerprint density at radius 3 is 2.92 bits per heavy atom. The largest absolute Gasteiger partial charge is 0.471 e. The second-order valence-corrected chi connectivity index (χ2v) is 6.84. The maximum absolute atomic E-state index is 11.5. The number of H-pyrrole nitrogens is 1. The number of amides is 1. The Morgan fingerprint density at radius 1 is 1.35 bits per heavy atom. The van der Waals surface area contributed by atoms with Gasteiger partial charge in [0, 0.05) is 42.6 Å². The van der Waals surface area contributed by atoms with Gasteiger partial charge >= 0.3 is 0 Å². The lowest BCUT2D eigenvalue weighted by atomic mass is 10.1. The molecule has 1 aliphatic rings. The first kappa shape index (κ1) is 16.6. The number of carbonyl (C=O) groups excluding carboxylic acids is 1. The van der Waals surface area contributed by atoms with Gasteiger partial charge in [0.15, 0.2) is 0 Å². The molecule has 4 rings (SSSR count). The van der Waals surface area contributed by atoms with Gasteiger partial charge in [-0.05, 0) is 19.4 Å². The van der Waals surface area contributed by atoms with Crippen molar-refractivity contribution in [3.63, 3.8) is 0 Å². The van der Waals surface area contributed by atoms with Gasteiger partial charge in [0.25, 0.3) is 0 Å². The molecule has 0 bridgehead atoms. The van der Waals surface area contributed by atoms with Crippen molar-refractivity contribution in [2.24, 2.45) is 0 Å². The summed E-state index contributed by atoms with van der Waals surface area (Å²) in [6.07, 6.45) is 4.53. The van der Waals surface area contributed by atoms with Crippen LogP contribution in [0.3, 0.4) is 0 Å². The summed E-state index contributed by atoms with van der Waals surface area (Å²) in [4.78, 5) is 25.8. The van der Waals surface area contributed by atoms with Crippen LogP contribution in [0.25, 0.3) is 22.2 Å². The number of benzene rings is 1. The molecule has 1 aromatic carbocycles. The minimum atomic E-state index is -0.0199. The highest BCUT2D eigenvalue weighted by Crippen LogP contribution is 2.30. The summed E-state index contributed by atoms with van der Waals surface area (Å²) in [6, 6.07) is 6.22. The van der Waals surface area contributed by atoms with Gasteiger partial charge in [-0.25, -0.2) is 9.97 Å². The molecular weight excluding hydrogens is 328 g/mol. The normalized spacial score (nSPS) is 17.0. The Hall–Kier alpha value is -2.89. The van der Waals surface area contributed by atoms with Crippen molar-refractivity contribution in [2.75, 3.05) is 13.1 Å². The molecule has 1 saturated heterocycles. The van der Waals surface area contributed by atoms with Gasteiger partial charge in [0.2, 0.25) is 11.8 Å². The number of ether oxygens (including phenoxy) is 1. The highest BCUT2D eigenvalue weighted by Gasteiger charge is 2.26. The topological polar surface area (TPSA) is 71.1 Å². The van der Waals surface area contributed by atoms with Crippen LogP contribution in [0.2, 0.25) is 0 Å². The Morgan fingerprint density at radius 2 is 2.19 bits per heavy atom. The molecule has 3 heterocycles. The second-order valence-electron chi connectivity index (χ2n) is 6.84. The number of aryl methyl sites for hydroxylation is 2. The molecule has 0 saturated carbocycles. The van der Waals surface area contributed by atoms with Crippen molar-refractivity contribution in [1.29, 1.82) is 0 Å². The summed E-state index contributed by atoms with van der Waals surface area (Å²) in [5, 5.41) is 1.14. The van der Waals surface area contributed by atoms with E-state index in [1.165, 1.54) is 5.56 Å². The summed E-state index contributed by atoms with van der Waals surface area (Å²) < 4.78 is 5.99. The highest BCUT2D eigenvalue weighted by molar-refractivity contribution is 5.96. The fraction of sp³-hybridized carbons (Fsp3) is 0.350. The number of nitrogens with one attached hydrogen (secondary N) is 1. The molecule has 26 heavy (non-hydrogen) atoms. The third kappa shape index (κ3) is 2.92. The lowest BCUT2D eigenvalue weighted by molar-refractivity contribution is -0.128. The van der Waals surface area contributed by atoms with E-state index in [1.54, 1.807) is 18.0 Å². The molecular formula is C20H22N4O2. The van der Waals surface area contributed by atoms with Gasteiger partial charge in [0.1, 0.15) is 11.8 Å². The molecule has 1 unspecified atom stereocenters. The third-order valence-electron chi connectivity index (χ3n) is 4.97. The van der Waals surface area contributed by atoms with E-state index in [1.807, 2.05) is 19.2 Å². The van der Waals surface area contributed by atoms with Crippen LogP contribution in [-0.4, -0.2) is 45.0 Å². The standard InChI is InChI=1S/C20H22N4O2/c1-12-5-4-6-16-17(9-21-19(12)16)18-10-22-20(13(2)23-18)26-15-7-8-24(11-15)14(3)25/h4-6,9-10,15,21H,7-8,11H2,1-3H3. The zero-order valence-electron chi connectivity index (χ0n) is 15.2. The summed E-state index contributed by atoms with van der Waals surface area (Å²) in [7, 11) is 0. The van der Waals surface area contributed by atoms with Crippen molar-refractivity contribution in [3.8, 4) is 17.1 Å². The van der Waals surface area contributed by atoms with E-state index < -0.39 is 0 Å². The van der Waals surface area contributed by atoms with Gasteiger partial charge in [-0.15, -0.1) is 0 Å². The molecule has 1 amide bonds. The van der Waals surface area contributed by atoms with E-state index in [2.05, 4.69) is 29.0 Å². The number of hydrogen-bond donors (Lipinski definition) is 1. The van der Waals surface area contributed by atoms with Crippen molar-refractivity contribution in [1.82, 2.24) is 19.9 Å². The minimum absolute atomic E-state index is 0.0199. The third-order valence-corrected chi connectivity index (χ3v) is 4.97. The van der Waals surface area contributed by atoms with Crippen molar-refractivity contribution in [3.05, 3.63) is 41.9 Å². The number of carbonyl (C=O) groups is 1. The molecule has 6 nitrogen and oxygen atoms in total. The van der Waals surface area contributed by atoms with Gasteiger partial charge in [-0.2, -0.15) is 0 Å². The number of aromatic amines is 1. The molecule has 3 aromatic rings. The van der Waals surface area contributed by atoms with Crippen molar-refractivity contribution < 1.29 is 9.53 Å². The predicted molar refractivity (Wildman–Crippen MR) is 100 cm³/mol. The smallest absolute Gasteiger partial charge is 0.235 e. The predicted octanol–water partition coefficient (Wildman–Crippen LogP) is 3.24. The average Bonchev–Trinajstić information content (AvgIpc) is 3.24. The SMILES string of the molecule is CC(=O)N1CCC(Oc2ncc(-c3c[nH]c4c(C)cccc34)nc2C)C1. The van der Waals surface area contributed by atoms with Crippen LogP contribution in [0, 0.1) is 13.8 Å². The van der Waals surface area contributed by atoms with Gasteiger partial charge in [-0.3, -0.25) is 4.79 Å². The van der Waals surface area contributed by atoms with E-state index in [-0.39, 0.29) is 12.0 Å². The lowest BCUT2D eigenvalue weighted by Gasteiger charge is -2.16. The van der Waals surface area contributed by atoms with Crippen LogP contribution in [0.4, 0.5) is 0 Å². The van der Waals surface area contributed by atoms with E-state index in [0.717, 1.165) is 40.8 Å². The van der Waals surface area contributed by atoms with Gasteiger partial charge in [0.05, 0.1) is 18.4 Å². The molecule has 1 fully saturated rings. The van der Waals surface area contributed by atoms with E-state index in [9.17, 15) is 4.79 Å².